The molecule has 0 N–H and O–H groups in total. The molecular weight excluding hydrogens is 335 g/mol. The van der Waals surface area contributed by atoms with Gasteiger partial charge in [0, 0.05) is 18.7 Å². The number of hydrogen-bond acceptors (Lipinski definition) is 2. The lowest BCUT2D eigenvalue weighted by molar-refractivity contribution is -0.137. The average Bonchev–Trinajstić information content (AvgIpc) is 3.23. The highest BCUT2D eigenvalue weighted by atomic mass is 32.2. The average molecular weight is 357 g/mol. The van der Waals surface area contributed by atoms with Crippen molar-refractivity contribution < 1.29 is 18.0 Å². The van der Waals surface area contributed by atoms with E-state index in [2.05, 4.69) is 0 Å². The topological polar surface area (TPSA) is 20.3 Å². The highest BCUT2D eigenvalue weighted by Gasteiger charge is 2.33. The van der Waals surface area contributed by atoms with Gasteiger partial charge in [-0.25, -0.2) is 0 Å². The number of carbonyl (C=O) groups excluding carboxylic acids is 1. The number of nitrogens with zero attached hydrogens (tertiary/aromatic N) is 1. The van der Waals surface area contributed by atoms with Gasteiger partial charge in [-0.2, -0.15) is 13.2 Å². The Hall–Kier alpha value is -1.17. The van der Waals surface area contributed by atoms with Crippen LogP contribution in [0.5, 0.6) is 0 Å². The first-order chi connectivity index (χ1) is 11.4. The van der Waals surface area contributed by atoms with E-state index < -0.39 is 11.7 Å². The molecule has 3 rings (SSSR count). The van der Waals surface area contributed by atoms with E-state index in [0.29, 0.717) is 18.9 Å². The van der Waals surface area contributed by atoms with Crippen LogP contribution < -0.4 is 0 Å². The molecule has 0 spiro atoms. The molecule has 0 radical (unpaired) electrons. The fourth-order valence-corrected chi connectivity index (χ4v) is 4.89. The minimum atomic E-state index is -4.32. The third kappa shape index (κ3) is 4.08. The molecule has 1 atom stereocenters. The van der Waals surface area contributed by atoms with Gasteiger partial charge in [0.05, 0.1) is 5.56 Å². The zero-order valence-corrected chi connectivity index (χ0v) is 14.3. The maximum atomic E-state index is 12.7. The second-order valence-corrected chi connectivity index (χ2v) is 7.81. The van der Waals surface area contributed by atoms with Gasteiger partial charge in [-0.3, -0.25) is 4.79 Å². The molecule has 1 aliphatic carbocycles. The number of benzene rings is 1. The Labute approximate surface area is 144 Å². The van der Waals surface area contributed by atoms with E-state index >= 15 is 0 Å². The number of carbonyl (C=O) groups is 1. The summed E-state index contributed by atoms with van der Waals surface area (Å²) in [6.07, 6.45) is 2.17. The van der Waals surface area contributed by atoms with Crippen LogP contribution in [-0.4, -0.2) is 23.1 Å². The minimum absolute atomic E-state index is 0.136. The second-order valence-electron chi connectivity index (χ2n) is 6.62. The number of thioether (sulfide) groups is 1. The molecule has 2 aliphatic rings. The van der Waals surface area contributed by atoms with Gasteiger partial charge in [0.15, 0.2) is 0 Å². The largest absolute Gasteiger partial charge is 0.416 e. The molecule has 0 bridgehead atoms. The van der Waals surface area contributed by atoms with E-state index in [-0.39, 0.29) is 11.3 Å². The van der Waals surface area contributed by atoms with Gasteiger partial charge in [0.25, 0.3) is 0 Å². The van der Waals surface area contributed by atoms with Crippen LogP contribution in [0.15, 0.2) is 24.3 Å². The summed E-state index contributed by atoms with van der Waals surface area (Å²) in [5, 5.41) is -0.150. The van der Waals surface area contributed by atoms with Crippen molar-refractivity contribution in [1.29, 1.82) is 0 Å². The lowest BCUT2D eigenvalue weighted by Crippen LogP contribution is -2.30. The molecule has 132 valence electrons. The number of alkyl halides is 3. The third-order valence-electron chi connectivity index (χ3n) is 4.98. The maximum absolute atomic E-state index is 12.7. The SMILES string of the molecule is O=C(CCC1CCCC1)N1CCSC1c1ccc(C(F)(F)F)cc1. The van der Waals surface area contributed by atoms with Gasteiger partial charge < -0.3 is 4.90 Å². The Morgan fingerprint density at radius 1 is 1.17 bits per heavy atom. The molecule has 1 unspecified atom stereocenters. The van der Waals surface area contributed by atoms with Gasteiger partial charge in [0.2, 0.25) is 5.91 Å². The van der Waals surface area contributed by atoms with Gasteiger partial charge >= 0.3 is 6.18 Å². The molecule has 1 aromatic rings. The molecule has 1 heterocycles. The number of amides is 1. The zero-order valence-electron chi connectivity index (χ0n) is 13.5. The van der Waals surface area contributed by atoms with Crippen LogP contribution in [0.2, 0.25) is 0 Å². The van der Waals surface area contributed by atoms with Crippen molar-refractivity contribution >= 4 is 17.7 Å². The van der Waals surface area contributed by atoms with Crippen LogP contribution in [-0.2, 0) is 11.0 Å². The van der Waals surface area contributed by atoms with Crippen LogP contribution >= 0.6 is 11.8 Å². The monoisotopic (exact) mass is 357 g/mol. The van der Waals surface area contributed by atoms with E-state index in [9.17, 15) is 18.0 Å². The quantitative estimate of drug-likeness (QED) is 0.733. The van der Waals surface area contributed by atoms with E-state index in [0.717, 1.165) is 29.9 Å². The lowest BCUT2D eigenvalue weighted by atomic mass is 10.0. The van der Waals surface area contributed by atoms with Crippen molar-refractivity contribution in [3.8, 4) is 0 Å². The van der Waals surface area contributed by atoms with Crippen LogP contribution in [0.3, 0.4) is 0 Å². The highest BCUT2D eigenvalue weighted by Crippen LogP contribution is 2.40. The van der Waals surface area contributed by atoms with Crippen molar-refractivity contribution in [3.05, 3.63) is 35.4 Å². The van der Waals surface area contributed by atoms with Crippen molar-refractivity contribution in [2.45, 2.75) is 50.1 Å². The Morgan fingerprint density at radius 2 is 1.83 bits per heavy atom. The van der Waals surface area contributed by atoms with Crippen LogP contribution in [0.4, 0.5) is 13.2 Å². The number of hydrogen-bond donors (Lipinski definition) is 0. The zero-order chi connectivity index (χ0) is 17.2. The first-order valence-electron chi connectivity index (χ1n) is 8.53. The Bertz CT molecular complexity index is 567. The summed E-state index contributed by atoms with van der Waals surface area (Å²) in [5.74, 6) is 1.64. The fraction of sp³-hybridized carbons (Fsp3) is 0.611. The van der Waals surface area contributed by atoms with E-state index in [4.69, 9.17) is 0 Å². The lowest BCUT2D eigenvalue weighted by Gasteiger charge is -2.25. The van der Waals surface area contributed by atoms with Crippen molar-refractivity contribution in [2.24, 2.45) is 5.92 Å². The molecule has 1 amide bonds. The van der Waals surface area contributed by atoms with Gasteiger partial charge in [-0.15, -0.1) is 11.8 Å². The van der Waals surface area contributed by atoms with Crippen LogP contribution in [0.1, 0.15) is 55.0 Å². The summed E-state index contributed by atoms with van der Waals surface area (Å²) < 4.78 is 38.0. The summed E-state index contributed by atoms with van der Waals surface area (Å²) in [6, 6.07) is 5.22. The molecule has 1 aliphatic heterocycles. The summed E-state index contributed by atoms with van der Waals surface area (Å²) in [6.45, 7) is 0.680. The van der Waals surface area contributed by atoms with Crippen molar-refractivity contribution in [1.82, 2.24) is 4.90 Å². The second kappa shape index (κ2) is 7.38. The molecule has 1 saturated heterocycles. The van der Waals surface area contributed by atoms with E-state index in [1.807, 2.05) is 4.90 Å². The standard InChI is InChI=1S/C18H22F3NOS/c19-18(20,21)15-8-6-14(7-9-15)17-22(11-12-24-17)16(23)10-5-13-3-1-2-4-13/h6-9,13,17H,1-5,10-12H2. The van der Waals surface area contributed by atoms with E-state index in [1.165, 1.54) is 37.8 Å². The highest BCUT2D eigenvalue weighted by molar-refractivity contribution is 7.99. The Kier molecular flexibility index (Phi) is 5.42. The molecule has 2 fully saturated rings. The first-order valence-corrected chi connectivity index (χ1v) is 9.58. The summed E-state index contributed by atoms with van der Waals surface area (Å²) >= 11 is 1.63. The van der Waals surface area contributed by atoms with Crippen LogP contribution in [0, 0.1) is 5.92 Å². The predicted octanol–water partition coefficient (Wildman–Crippen LogP) is 5.25. The molecule has 1 saturated carbocycles. The third-order valence-corrected chi connectivity index (χ3v) is 6.24. The summed E-state index contributed by atoms with van der Waals surface area (Å²) in [5.41, 5.74) is 0.132. The van der Waals surface area contributed by atoms with Gasteiger partial charge in [-0.05, 0) is 30.0 Å². The summed E-state index contributed by atoms with van der Waals surface area (Å²) in [4.78, 5) is 14.4. The molecule has 6 heteroatoms. The molecule has 0 aromatic heterocycles. The van der Waals surface area contributed by atoms with E-state index in [1.54, 1.807) is 11.8 Å². The Balaban J connectivity index is 1.62. The van der Waals surface area contributed by atoms with Gasteiger partial charge in [-0.1, -0.05) is 37.8 Å². The van der Waals surface area contributed by atoms with Crippen molar-refractivity contribution in [2.75, 3.05) is 12.3 Å². The van der Waals surface area contributed by atoms with Crippen LogP contribution in [0.25, 0.3) is 0 Å². The normalized spacial score (nSPS) is 22.3. The maximum Gasteiger partial charge on any atom is 0.416 e. The Morgan fingerprint density at radius 3 is 2.46 bits per heavy atom. The molecule has 24 heavy (non-hydrogen) atoms. The van der Waals surface area contributed by atoms with Crippen molar-refractivity contribution in [3.63, 3.8) is 0 Å². The molecule has 2 nitrogen and oxygen atoms in total. The fourth-order valence-electron chi connectivity index (χ4n) is 3.61. The van der Waals surface area contributed by atoms with Gasteiger partial charge in [0.1, 0.15) is 5.37 Å². The first kappa shape index (κ1) is 17.6. The molecular formula is C18H22F3NOS. The number of rotatable bonds is 4. The molecule has 1 aromatic carbocycles. The number of halogens is 3. The predicted molar refractivity (Wildman–Crippen MR) is 89.5 cm³/mol. The summed E-state index contributed by atoms with van der Waals surface area (Å²) in [7, 11) is 0. The smallest absolute Gasteiger partial charge is 0.326 e. The minimum Gasteiger partial charge on any atom is -0.326 e.